The molecule has 3 atom stereocenters. The third-order valence-electron chi connectivity index (χ3n) is 8.41. The highest BCUT2D eigenvalue weighted by molar-refractivity contribution is 7.14. The number of ether oxygens (including phenoxy) is 3. The monoisotopic (exact) mass is 657 g/mol. The van der Waals surface area contributed by atoms with Crippen molar-refractivity contribution in [3.63, 3.8) is 0 Å². The van der Waals surface area contributed by atoms with E-state index in [4.69, 9.17) is 14.2 Å². The van der Waals surface area contributed by atoms with Crippen molar-refractivity contribution in [1.29, 1.82) is 0 Å². The molecular formula is C35H39N5O6S. The summed E-state index contributed by atoms with van der Waals surface area (Å²) in [5.41, 5.74) is 4.50. The molecule has 3 N–H and O–H groups in total. The van der Waals surface area contributed by atoms with Gasteiger partial charge in [0.25, 0.3) is 0 Å². The van der Waals surface area contributed by atoms with Crippen LogP contribution in [0.3, 0.4) is 0 Å². The Labute approximate surface area is 277 Å². The highest BCUT2D eigenvalue weighted by atomic mass is 32.1. The molecule has 0 saturated carbocycles. The largest absolute Gasteiger partial charge is 0.493 e. The molecule has 0 bridgehead atoms. The molecule has 0 spiro atoms. The molecule has 1 aliphatic carbocycles. The van der Waals surface area contributed by atoms with Crippen LogP contribution in [0.2, 0.25) is 0 Å². The molecule has 1 aliphatic rings. The second-order valence-corrected chi connectivity index (χ2v) is 12.2. The summed E-state index contributed by atoms with van der Waals surface area (Å²) in [7, 11) is 4.66. The fraction of sp³-hybridized carbons (Fsp3) is 0.343. The van der Waals surface area contributed by atoms with E-state index >= 15 is 0 Å². The number of carbonyl (C=O) groups excluding carboxylic acids is 2. The summed E-state index contributed by atoms with van der Waals surface area (Å²) in [4.78, 5) is 48.6. The zero-order valence-corrected chi connectivity index (χ0v) is 28.1. The molecule has 3 unspecified atom stereocenters. The van der Waals surface area contributed by atoms with Crippen LogP contribution in [0, 0.1) is 5.92 Å². The number of pyridine rings is 1. The first-order valence-electron chi connectivity index (χ1n) is 15.4. The summed E-state index contributed by atoms with van der Waals surface area (Å²) in [6.45, 7) is 5.40. The van der Waals surface area contributed by atoms with Crippen molar-refractivity contribution in [3.05, 3.63) is 75.5 Å². The number of nitrogens with zero attached hydrogens (tertiary/aromatic N) is 2. The Morgan fingerprint density at radius 3 is 2.53 bits per heavy atom. The van der Waals surface area contributed by atoms with E-state index < -0.39 is 12.1 Å². The lowest BCUT2D eigenvalue weighted by Crippen LogP contribution is -2.40. The van der Waals surface area contributed by atoms with Crippen LogP contribution in [0.15, 0.2) is 59.0 Å². The van der Waals surface area contributed by atoms with Crippen LogP contribution in [-0.2, 0) is 16.0 Å². The molecular weight excluding hydrogens is 618 g/mol. The van der Waals surface area contributed by atoms with Crippen molar-refractivity contribution in [3.8, 4) is 39.6 Å². The number of amides is 2. The Hall–Kier alpha value is -4.97. The van der Waals surface area contributed by atoms with Crippen LogP contribution in [0.25, 0.3) is 22.4 Å². The number of carbonyl (C=O) groups is 2. The van der Waals surface area contributed by atoms with Gasteiger partial charge in [-0.2, -0.15) is 0 Å². The SMILES string of the molecule is CCC(C)C(Nc1ccc2c(cc1=O)C(NC(C)=O)CCc1cc(OC)c(OC)c(OC)c1-2)C(=O)Nc1nc(-c2cccnc2)cs1. The lowest BCUT2D eigenvalue weighted by atomic mass is 9.95. The van der Waals surface area contributed by atoms with Crippen LogP contribution in [0.1, 0.15) is 50.8 Å². The molecule has 2 heterocycles. The predicted molar refractivity (Wildman–Crippen MR) is 184 cm³/mol. The Balaban J connectivity index is 1.56. The number of aromatic nitrogens is 2. The molecule has 5 rings (SSSR count). The number of methoxy groups -OCH3 is 3. The first-order valence-corrected chi connectivity index (χ1v) is 16.3. The number of fused-ring (bicyclic) bond motifs is 3. The Kier molecular flexibility index (Phi) is 10.4. The summed E-state index contributed by atoms with van der Waals surface area (Å²) < 4.78 is 17.2. The summed E-state index contributed by atoms with van der Waals surface area (Å²) in [5.74, 6) is 0.760. The van der Waals surface area contributed by atoms with Gasteiger partial charge in [-0.25, -0.2) is 4.98 Å². The fourth-order valence-corrected chi connectivity index (χ4v) is 6.58. The van der Waals surface area contributed by atoms with Crippen molar-refractivity contribution >= 4 is 34.0 Å². The predicted octanol–water partition coefficient (Wildman–Crippen LogP) is 5.85. The van der Waals surface area contributed by atoms with E-state index in [2.05, 4.69) is 25.9 Å². The minimum atomic E-state index is -0.738. The maximum absolute atomic E-state index is 13.9. The zero-order chi connectivity index (χ0) is 33.7. The quantitative estimate of drug-likeness (QED) is 0.181. The number of thiazole rings is 1. The number of aryl methyl sites for hydroxylation is 1. The Morgan fingerprint density at radius 2 is 1.87 bits per heavy atom. The van der Waals surface area contributed by atoms with Gasteiger partial charge >= 0.3 is 0 Å². The lowest BCUT2D eigenvalue weighted by Gasteiger charge is -2.23. The Bertz CT molecular complexity index is 1830. The van der Waals surface area contributed by atoms with Gasteiger partial charge in [0.2, 0.25) is 23.0 Å². The van der Waals surface area contributed by atoms with E-state index in [0.717, 1.165) is 16.7 Å². The molecule has 0 fully saturated rings. The summed E-state index contributed by atoms with van der Waals surface area (Å²) >= 11 is 1.32. The van der Waals surface area contributed by atoms with Gasteiger partial charge in [-0.05, 0) is 65.8 Å². The number of anilines is 2. The normalized spacial score (nSPS) is 14.8. The smallest absolute Gasteiger partial charge is 0.248 e. The summed E-state index contributed by atoms with van der Waals surface area (Å²) in [6.07, 6.45) is 5.22. The van der Waals surface area contributed by atoms with Crippen LogP contribution in [0.5, 0.6) is 17.2 Å². The maximum atomic E-state index is 13.9. The van der Waals surface area contributed by atoms with Gasteiger partial charge in [-0.3, -0.25) is 19.4 Å². The summed E-state index contributed by atoms with van der Waals surface area (Å²) in [6, 6.07) is 9.51. The summed E-state index contributed by atoms with van der Waals surface area (Å²) in [5, 5.41) is 11.5. The number of hydrogen-bond acceptors (Lipinski definition) is 10. The average molecular weight is 658 g/mol. The van der Waals surface area contributed by atoms with Gasteiger partial charge in [0.05, 0.1) is 38.8 Å². The van der Waals surface area contributed by atoms with E-state index in [-0.39, 0.29) is 28.8 Å². The second-order valence-electron chi connectivity index (χ2n) is 11.4. The van der Waals surface area contributed by atoms with Gasteiger partial charge < -0.3 is 30.2 Å². The molecule has 246 valence electrons. The number of nitrogens with one attached hydrogen (secondary N) is 3. The minimum absolute atomic E-state index is 0.125. The van der Waals surface area contributed by atoms with Crippen molar-refractivity contribution in [1.82, 2.24) is 15.3 Å². The lowest BCUT2D eigenvalue weighted by molar-refractivity contribution is -0.120. The number of benzene rings is 1. The molecule has 11 nitrogen and oxygen atoms in total. The van der Waals surface area contributed by atoms with Crippen LogP contribution >= 0.6 is 11.3 Å². The van der Waals surface area contributed by atoms with Crippen molar-refractivity contribution < 1.29 is 23.8 Å². The molecule has 4 aromatic rings. The van der Waals surface area contributed by atoms with Crippen molar-refractivity contribution in [2.75, 3.05) is 32.0 Å². The van der Waals surface area contributed by atoms with E-state index in [1.165, 1.54) is 24.3 Å². The van der Waals surface area contributed by atoms with Gasteiger partial charge in [0, 0.05) is 35.8 Å². The molecule has 0 aliphatic heterocycles. The fourth-order valence-electron chi connectivity index (χ4n) is 5.86. The highest BCUT2D eigenvalue weighted by Crippen LogP contribution is 2.50. The molecule has 47 heavy (non-hydrogen) atoms. The highest BCUT2D eigenvalue weighted by Gasteiger charge is 2.30. The van der Waals surface area contributed by atoms with Gasteiger partial charge in [-0.1, -0.05) is 26.3 Å². The first-order chi connectivity index (χ1) is 22.7. The maximum Gasteiger partial charge on any atom is 0.248 e. The second kappa shape index (κ2) is 14.6. The standard InChI is InChI=1S/C35H39N5O6S/c1-7-19(2)31(34(43)40-35-39-27(18-47-35)22-9-8-14-36-17-22)38-26-13-11-23-24(16-28(26)42)25(37-20(3)41)12-10-21-15-29(44-4)32(45-5)33(46-6)30(21)23/h8-9,11,13-19,25,31H,7,10,12H2,1-6H3,(H,37,41)(H,38,42)(H,39,40,43). The van der Waals surface area contributed by atoms with Crippen molar-refractivity contribution in [2.24, 2.45) is 5.92 Å². The van der Waals surface area contributed by atoms with E-state index in [1.807, 2.05) is 43.5 Å². The molecule has 0 radical (unpaired) electrons. The van der Waals surface area contributed by atoms with Crippen LogP contribution < -0.4 is 35.6 Å². The van der Waals surface area contributed by atoms with Gasteiger partial charge in [-0.15, -0.1) is 11.3 Å². The van der Waals surface area contributed by atoms with Crippen LogP contribution in [-0.4, -0.2) is 49.2 Å². The third kappa shape index (κ3) is 7.07. The molecule has 2 amide bonds. The van der Waals surface area contributed by atoms with E-state index in [9.17, 15) is 14.4 Å². The average Bonchev–Trinajstić information content (AvgIpc) is 3.42. The zero-order valence-electron chi connectivity index (χ0n) is 27.3. The van der Waals surface area contributed by atoms with E-state index in [1.54, 1.807) is 39.8 Å². The van der Waals surface area contributed by atoms with Crippen LogP contribution in [0.4, 0.5) is 10.8 Å². The Morgan fingerprint density at radius 1 is 1.09 bits per heavy atom. The third-order valence-corrected chi connectivity index (χ3v) is 9.17. The number of hydrogen-bond donors (Lipinski definition) is 3. The van der Waals surface area contributed by atoms with E-state index in [0.29, 0.717) is 58.5 Å². The van der Waals surface area contributed by atoms with Gasteiger partial charge in [0.1, 0.15) is 6.04 Å². The first kappa shape index (κ1) is 33.4. The van der Waals surface area contributed by atoms with Gasteiger partial charge in [0.15, 0.2) is 16.6 Å². The molecule has 12 heteroatoms. The van der Waals surface area contributed by atoms with Crippen molar-refractivity contribution in [2.45, 2.75) is 52.1 Å². The number of rotatable bonds is 11. The topological polar surface area (TPSA) is 141 Å². The molecule has 2 aromatic carbocycles. The molecule has 2 aromatic heterocycles. The molecule has 0 saturated heterocycles. The minimum Gasteiger partial charge on any atom is -0.493 e.